The molecule has 5 nitrogen and oxygen atoms in total. The summed E-state index contributed by atoms with van der Waals surface area (Å²) in [5.41, 5.74) is -0.944. The lowest BCUT2D eigenvalue weighted by atomic mass is 10.0. The van der Waals surface area contributed by atoms with Crippen molar-refractivity contribution in [1.82, 2.24) is 10.2 Å². The first kappa shape index (κ1) is 14.1. The number of carbonyl (C=O) groups is 1. The maximum absolute atomic E-state index is 12.2. The predicted octanol–water partition coefficient (Wildman–Crippen LogP) is 1.51. The highest BCUT2D eigenvalue weighted by Gasteiger charge is 2.44. The second-order valence-electron chi connectivity index (χ2n) is 5.19. The summed E-state index contributed by atoms with van der Waals surface area (Å²) < 4.78 is 4.97. The molecule has 19 heavy (non-hydrogen) atoms. The number of methoxy groups -OCH3 is 1. The van der Waals surface area contributed by atoms with E-state index in [1.54, 1.807) is 18.6 Å². The van der Waals surface area contributed by atoms with Gasteiger partial charge in [-0.05, 0) is 25.3 Å². The Morgan fingerprint density at radius 3 is 2.79 bits per heavy atom. The van der Waals surface area contributed by atoms with Gasteiger partial charge in [0.2, 0.25) is 5.66 Å². The summed E-state index contributed by atoms with van der Waals surface area (Å²) in [4.78, 5) is 18.5. The molecule has 1 saturated carbocycles. The van der Waals surface area contributed by atoms with E-state index in [1.165, 1.54) is 32.8 Å². The van der Waals surface area contributed by atoms with Gasteiger partial charge in [-0.1, -0.05) is 19.8 Å². The van der Waals surface area contributed by atoms with Gasteiger partial charge in [-0.3, -0.25) is 9.89 Å². The van der Waals surface area contributed by atoms with E-state index in [2.05, 4.69) is 22.1 Å². The Hall–Kier alpha value is -1.36. The zero-order chi connectivity index (χ0) is 13.7. The quantitative estimate of drug-likeness (QED) is 0.766. The number of carbonyl (C=O) groups excluding carboxylic acids is 1. The lowest BCUT2D eigenvalue weighted by molar-refractivity contribution is -0.152. The van der Waals surface area contributed by atoms with Crippen molar-refractivity contribution >= 4 is 12.2 Å². The van der Waals surface area contributed by atoms with Crippen LogP contribution in [0, 0.1) is 5.92 Å². The van der Waals surface area contributed by atoms with Crippen molar-refractivity contribution in [3.63, 3.8) is 0 Å². The summed E-state index contributed by atoms with van der Waals surface area (Å²) in [5.74, 6) is 0.364. The molecule has 0 aromatic heterocycles. The van der Waals surface area contributed by atoms with Crippen molar-refractivity contribution in [3.05, 3.63) is 12.4 Å². The highest BCUT2D eigenvalue weighted by molar-refractivity contribution is 6.00. The molecule has 2 aliphatic rings. The van der Waals surface area contributed by atoms with Gasteiger partial charge < -0.3 is 10.1 Å². The summed E-state index contributed by atoms with van der Waals surface area (Å²) in [6.07, 6.45) is 10.1. The molecular weight excluding hydrogens is 242 g/mol. The van der Waals surface area contributed by atoms with Crippen LogP contribution in [0.15, 0.2) is 17.4 Å². The van der Waals surface area contributed by atoms with E-state index in [0.717, 1.165) is 13.1 Å². The van der Waals surface area contributed by atoms with Gasteiger partial charge >= 0.3 is 5.97 Å². The van der Waals surface area contributed by atoms with Crippen molar-refractivity contribution in [2.75, 3.05) is 20.2 Å². The fourth-order valence-electron chi connectivity index (χ4n) is 2.99. The monoisotopic (exact) mass is 265 g/mol. The normalized spacial score (nSPS) is 26.7. The average molecular weight is 265 g/mol. The third-order valence-electron chi connectivity index (χ3n) is 4.06. The highest BCUT2D eigenvalue weighted by Crippen LogP contribution is 2.27. The Balaban J connectivity index is 2.17. The molecule has 1 fully saturated rings. The smallest absolute Gasteiger partial charge is 0.352 e. The van der Waals surface area contributed by atoms with E-state index >= 15 is 0 Å². The van der Waals surface area contributed by atoms with Crippen LogP contribution in [0.3, 0.4) is 0 Å². The van der Waals surface area contributed by atoms with Crippen LogP contribution in [0.2, 0.25) is 0 Å². The van der Waals surface area contributed by atoms with Gasteiger partial charge in [0.05, 0.1) is 13.3 Å². The van der Waals surface area contributed by atoms with Crippen LogP contribution in [0.4, 0.5) is 0 Å². The molecule has 0 aromatic carbocycles. The molecule has 1 aliphatic carbocycles. The Labute approximate surface area is 114 Å². The van der Waals surface area contributed by atoms with E-state index in [-0.39, 0.29) is 5.97 Å². The molecule has 0 amide bonds. The molecule has 1 unspecified atom stereocenters. The zero-order valence-corrected chi connectivity index (χ0v) is 11.8. The third kappa shape index (κ3) is 2.81. The van der Waals surface area contributed by atoms with E-state index in [1.807, 2.05) is 0 Å². The number of rotatable bonds is 5. The second kappa shape index (κ2) is 6.19. The first-order valence-corrected chi connectivity index (χ1v) is 7.03. The van der Waals surface area contributed by atoms with Crippen LogP contribution >= 0.6 is 0 Å². The van der Waals surface area contributed by atoms with E-state index in [9.17, 15) is 4.79 Å². The molecule has 0 aromatic rings. The standard InChI is InChI=1S/C14H23N3O2/c1-3-17(10-12-6-4-5-7-12)14(13(18)19-2)11-15-8-9-16-14/h8-9,11-12,16H,3-7,10H2,1-2H3. The number of esters is 1. The topological polar surface area (TPSA) is 53.9 Å². The molecular formula is C14H23N3O2. The van der Waals surface area contributed by atoms with E-state index in [4.69, 9.17) is 4.74 Å². The largest absolute Gasteiger partial charge is 0.466 e. The minimum Gasteiger partial charge on any atom is -0.466 e. The number of hydrogen-bond donors (Lipinski definition) is 1. The van der Waals surface area contributed by atoms with Crippen molar-refractivity contribution in [3.8, 4) is 0 Å². The molecule has 2 rings (SSSR count). The Kier molecular flexibility index (Phi) is 4.58. The molecule has 0 spiro atoms. The fraction of sp³-hybridized carbons (Fsp3) is 0.714. The van der Waals surface area contributed by atoms with Gasteiger partial charge in [-0.2, -0.15) is 0 Å². The number of likely N-dealkylation sites (N-methyl/N-ethyl adjacent to an activating group) is 1. The van der Waals surface area contributed by atoms with Crippen molar-refractivity contribution < 1.29 is 9.53 Å². The number of aliphatic imine (C=N–C) groups is 1. The van der Waals surface area contributed by atoms with Crippen LogP contribution in [-0.2, 0) is 9.53 Å². The second-order valence-corrected chi connectivity index (χ2v) is 5.19. The van der Waals surface area contributed by atoms with Crippen molar-refractivity contribution in [2.45, 2.75) is 38.3 Å². The minimum absolute atomic E-state index is 0.305. The van der Waals surface area contributed by atoms with Crippen LogP contribution in [-0.4, -0.2) is 42.9 Å². The summed E-state index contributed by atoms with van der Waals surface area (Å²) >= 11 is 0. The summed E-state index contributed by atoms with van der Waals surface area (Å²) in [6, 6.07) is 0. The zero-order valence-electron chi connectivity index (χ0n) is 11.8. The van der Waals surface area contributed by atoms with Crippen LogP contribution in [0.5, 0.6) is 0 Å². The number of nitrogens with one attached hydrogen (secondary N) is 1. The summed E-state index contributed by atoms with van der Waals surface area (Å²) in [5, 5.41) is 3.13. The Morgan fingerprint density at radius 1 is 1.53 bits per heavy atom. The molecule has 1 atom stereocenters. The van der Waals surface area contributed by atoms with Gasteiger partial charge in [-0.25, -0.2) is 4.79 Å². The third-order valence-corrected chi connectivity index (χ3v) is 4.06. The Morgan fingerprint density at radius 2 is 2.26 bits per heavy atom. The lowest BCUT2D eigenvalue weighted by Gasteiger charge is -2.40. The van der Waals surface area contributed by atoms with E-state index < -0.39 is 5.66 Å². The maximum Gasteiger partial charge on any atom is 0.352 e. The molecule has 0 radical (unpaired) electrons. The van der Waals surface area contributed by atoms with Gasteiger partial charge in [0, 0.05) is 18.9 Å². The van der Waals surface area contributed by atoms with Gasteiger partial charge in [0.25, 0.3) is 0 Å². The number of hydrogen-bond acceptors (Lipinski definition) is 5. The molecule has 1 N–H and O–H groups in total. The summed E-state index contributed by atoms with van der Waals surface area (Å²) in [6.45, 7) is 3.74. The first-order chi connectivity index (χ1) is 9.23. The average Bonchev–Trinajstić information content (AvgIpc) is 2.97. The molecule has 1 heterocycles. The van der Waals surface area contributed by atoms with Gasteiger partial charge in [0.1, 0.15) is 0 Å². The minimum atomic E-state index is -0.944. The molecule has 106 valence electrons. The highest BCUT2D eigenvalue weighted by atomic mass is 16.5. The van der Waals surface area contributed by atoms with Crippen molar-refractivity contribution in [2.24, 2.45) is 10.9 Å². The maximum atomic E-state index is 12.2. The molecule has 1 aliphatic heterocycles. The van der Waals surface area contributed by atoms with Gasteiger partial charge in [-0.15, -0.1) is 0 Å². The van der Waals surface area contributed by atoms with Crippen LogP contribution in [0.1, 0.15) is 32.6 Å². The molecule has 0 bridgehead atoms. The van der Waals surface area contributed by atoms with Crippen molar-refractivity contribution in [1.29, 1.82) is 0 Å². The van der Waals surface area contributed by atoms with Gasteiger partial charge in [0.15, 0.2) is 0 Å². The SMILES string of the molecule is CCN(CC1CCCC1)C1(C(=O)OC)C=NC=CN1. The first-order valence-electron chi connectivity index (χ1n) is 7.03. The Bertz CT molecular complexity index is 375. The summed E-state index contributed by atoms with van der Waals surface area (Å²) in [7, 11) is 1.42. The fourth-order valence-corrected chi connectivity index (χ4v) is 2.99. The molecule has 5 heteroatoms. The van der Waals surface area contributed by atoms with Crippen LogP contribution in [0.25, 0.3) is 0 Å². The number of ether oxygens (including phenoxy) is 1. The lowest BCUT2D eigenvalue weighted by Crippen LogP contribution is -2.65. The number of nitrogens with zero attached hydrogens (tertiary/aromatic N) is 2. The van der Waals surface area contributed by atoms with Crippen LogP contribution < -0.4 is 5.32 Å². The van der Waals surface area contributed by atoms with E-state index in [0.29, 0.717) is 5.92 Å². The molecule has 0 saturated heterocycles. The predicted molar refractivity (Wildman–Crippen MR) is 74.7 cm³/mol.